The number of nitrogens with two attached hydrogens (primary N) is 1. The minimum atomic E-state index is -0.136. The zero-order valence-electron chi connectivity index (χ0n) is 12.3. The molecule has 1 aliphatic rings. The molecule has 2 rings (SSSR count). The van der Waals surface area contributed by atoms with Gasteiger partial charge in [0, 0.05) is 18.8 Å². The van der Waals surface area contributed by atoms with Gasteiger partial charge in [-0.2, -0.15) is 0 Å². The zero-order valence-corrected chi connectivity index (χ0v) is 12.3. The van der Waals surface area contributed by atoms with Gasteiger partial charge in [0.25, 0.3) is 5.91 Å². The first-order valence-electron chi connectivity index (χ1n) is 7.42. The van der Waals surface area contributed by atoms with E-state index >= 15 is 0 Å². The first kappa shape index (κ1) is 14.7. The summed E-state index contributed by atoms with van der Waals surface area (Å²) in [4.78, 5) is 11.9. The molecule has 4 nitrogen and oxygen atoms in total. The maximum absolute atomic E-state index is 11.9. The average Bonchev–Trinajstić information content (AvgIpc) is 2.47. The first-order valence-corrected chi connectivity index (χ1v) is 7.42. The van der Waals surface area contributed by atoms with Crippen molar-refractivity contribution in [3.05, 3.63) is 23.8 Å². The maximum Gasteiger partial charge on any atom is 0.254 e. The summed E-state index contributed by atoms with van der Waals surface area (Å²) in [6.45, 7) is 2.23. The van der Waals surface area contributed by atoms with Gasteiger partial charge in [-0.05, 0) is 37.3 Å². The average molecular weight is 276 g/mol. The highest BCUT2D eigenvalue weighted by atomic mass is 16.5. The number of nitrogen functional groups attached to an aromatic ring is 1. The van der Waals surface area contributed by atoms with E-state index in [2.05, 4.69) is 12.2 Å². The molecule has 2 atom stereocenters. The molecular weight excluding hydrogens is 252 g/mol. The van der Waals surface area contributed by atoms with Crippen molar-refractivity contribution >= 4 is 11.6 Å². The summed E-state index contributed by atoms with van der Waals surface area (Å²) in [5.41, 5.74) is 6.99. The largest absolute Gasteiger partial charge is 0.490 e. The van der Waals surface area contributed by atoms with Gasteiger partial charge in [0.05, 0.1) is 11.7 Å². The van der Waals surface area contributed by atoms with E-state index in [1.165, 1.54) is 19.3 Å². The second-order valence-electron chi connectivity index (χ2n) is 5.52. The van der Waals surface area contributed by atoms with E-state index in [1.807, 2.05) is 0 Å². The van der Waals surface area contributed by atoms with Crippen LogP contribution in [-0.2, 0) is 0 Å². The van der Waals surface area contributed by atoms with Crippen LogP contribution >= 0.6 is 0 Å². The van der Waals surface area contributed by atoms with Gasteiger partial charge < -0.3 is 15.8 Å². The lowest BCUT2D eigenvalue weighted by Crippen LogP contribution is -2.27. The molecule has 3 N–H and O–H groups in total. The Labute approximate surface area is 120 Å². The molecule has 0 heterocycles. The van der Waals surface area contributed by atoms with Gasteiger partial charge in [0.1, 0.15) is 5.75 Å². The van der Waals surface area contributed by atoms with E-state index in [0.29, 0.717) is 17.0 Å². The Kier molecular flexibility index (Phi) is 4.88. The smallest absolute Gasteiger partial charge is 0.254 e. The molecule has 1 aromatic carbocycles. The van der Waals surface area contributed by atoms with Crippen LogP contribution in [0.3, 0.4) is 0 Å². The maximum atomic E-state index is 11.9. The summed E-state index contributed by atoms with van der Waals surface area (Å²) in [6, 6.07) is 5.21. The Morgan fingerprint density at radius 2 is 2.25 bits per heavy atom. The van der Waals surface area contributed by atoms with E-state index in [-0.39, 0.29) is 12.0 Å². The second-order valence-corrected chi connectivity index (χ2v) is 5.52. The van der Waals surface area contributed by atoms with Gasteiger partial charge in [0.15, 0.2) is 0 Å². The Morgan fingerprint density at radius 1 is 1.45 bits per heavy atom. The molecule has 4 heteroatoms. The normalized spacial score (nSPS) is 22.3. The SMILES string of the molecule is CCC1CCCC(Oc2cc(N)ccc2C(=O)NC)C1. The molecule has 110 valence electrons. The van der Waals surface area contributed by atoms with Crippen LogP contribution in [0.2, 0.25) is 0 Å². The minimum Gasteiger partial charge on any atom is -0.490 e. The van der Waals surface area contributed by atoms with Crippen LogP contribution in [-0.4, -0.2) is 19.1 Å². The van der Waals surface area contributed by atoms with Crippen LogP contribution in [0.15, 0.2) is 18.2 Å². The Bertz CT molecular complexity index is 474. The molecule has 20 heavy (non-hydrogen) atoms. The Hall–Kier alpha value is -1.71. The fourth-order valence-electron chi connectivity index (χ4n) is 2.86. The standard InChI is InChI=1S/C16H24N2O2/c1-3-11-5-4-6-13(9-11)20-15-10-12(17)7-8-14(15)16(19)18-2/h7-8,10-11,13H,3-6,9,17H2,1-2H3,(H,18,19). The summed E-state index contributed by atoms with van der Waals surface area (Å²) in [5.74, 6) is 1.20. The van der Waals surface area contributed by atoms with Crippen molar-refractivity contribution in [1.82, 2.24) is 5.32 Å². The van der Waals surface area contributed by atoms with E-state index in [1.54, 1.807) is 25.2 Å². The molecule has 2 unspecified atom stereocenters. The molecule has 0 radical (unpaired) electrons. The Balaban J connectivity index is 2.15. The van der Waals surface area contributed by atoms with Crippen LogP contribution in [0.25, 0.3) is 0 Å². The quantitative estimate of drug-likeness (QED) is 0.831. The van der Waals surface area contributed by atoms with Crippen LogP contribution in [0.4, 0.5) is 5.69 Å². The van der Waals surface area contributed by atoms with Gasteiger partial charge in [-0.1, -0.05) is 19.8 Å². The number of hydrogen-bond acceptors (Lipinski definition) is 3. The molecule has 0 bridgehead atoms. The van der Waals surface area contributed by atoms with Crippen molar-refractivity contribution in [3.8, 4) is 5.75 Å². The molecule has 0 aliphatic heterocycles. The lowest BCUT2D eigenvalue weighted by Gasteiger charge is -2.29. The molecule has 0 saturated heterocycles. The topological polar surface area (TPSA) is 64.3 Å². The number of benzene rings is 1. The predicted molar refractivity (Wildman–Crippen MR) is 80.9 cm³/mol. The third-order valence-corrected chi connectivity index (χ3v) is 4.08. The molecule has 1 fully saturated rings. The highest BCUT2D eigenvalue weighted by Gasteiger charge is 2.23. The molecule has 1 amide bonds. The monoisotopic (exact) mass is 276 g/mol. The lowest BCUT2D eigenvalue weighted by molar-refractivity contribution is 0.0941. The fourth-order valence-corrected chi connectivity index (χ4v) is 2.86. The van der Waals surface area contributed by atoms with Crippen LogP contribution < -0.4 is 15.8 Å². The van der Waals surface area contributed by atoms with Crippen LogP contribution in [0, 0.1) is 5.92 Å². The van der Waals surface area contributed by atoms with Crippen molar-refractivity contribution in [1.29, 1.82) is 0 Å². The molecule has 0 spiro atoms. The van der Waals surface area contributed by atoms with Gasteiger partial charge in [-0.15, -0.1) is 0 Å². The second kappa shape index (κ2) is 6.64. The van der Waals surface area contributed by atoms with Gasteiger partial charge in [-0.25, -0.2) is 0 Å². The Morgan fingerprint density at radius 3 is 2.95 bits per heavy atom. The van der Waals surface area contributed by atoms with Crippen molar-refractivity contribution in [3.63, 3.8) is 0 Å². The first-order chi connectivity index (χ1) is 9.63. The van der Waals surface area contributed by atoms with Gasteiger partial charge in [0.2, 0.25) is 0 Å². The van der Waals surface area contributed by atoms with Crippen molar-refractivity contribution in [2.24, 2.45) is 5.92 Å². The van der Waals surface area contributed by atoms with Crippen LogP contribution in [0.5, 0.6) is 5.75 Å². The van der Waals surface area contributed by atoms with E-state index in [0.717, 1.165) is 18.8 Å². The number of anilines is 1. The number of carbonyl (C=O) groups is 1. The summed E-state index contributed by atoms with van der Waals surface area (Å²) in [5, 5.41) is 2.64. The molecule has 1 saturated carbocycles. The van der Waals surface area contributed by atoms with E-state index < -0.39 is 0 Å². The predicted octanol–water partition coefficient (Wildman–Crippen LogP) is 2.98. The number of nitrogens with one attached hydrogen (secondary N) is 1. The van der Waals surface area contributed by atoms with Crippen LogP contribution in [0.1, 0.15) is 49.4 Å². The number of carbonyl (C=O) groups excluding carboxylic acids is 1. The van der Waals surface area contributed by atoms with E-state index in [4.69, 9.17) is 10.5 Å². The summed E-state index contributed by atoms with van der Waals surface area (Å²) in [7, 11) is 1.62. The molecular formula is C16H24N2O2. The lowest BCUT2D eigenvalue weighted by atomic mass is 9.85. The molecule has 1 aromatic rings. The van der Waals surface area contributed by atoms with E-state index in [9.17, 15) is 4.79 Å². The zero-order chi connectivity index (χ0) is 14.5. The van der Waals surface area contributed by atoms with Crippen molar-refractivity contribution in [2.75, 3.05) is 12.8 Å². The van der Waals surface area contributed by atoms with Gasteiger partial charge >= 0.3 is 0 Å². The highest BCUT2D eigenvalue weighted by Crippen LogP contribution is 2.31. The highest BCUT2D eigenvalue weighted by molar-refractivity contribution is 5.97. The minimum absolute atomic E-state index is 0.136. The molecule has 1 aliphatic carbocycles. The van der Waals surface area contributed by atoms with Crippen molar-refractivity contribution < 1.29 is 9.53 Å². The fraction of sp³-hybridized carbons (Fsp3) is 0.562. The number of ether oxygens (including phenoxy) is 1. The number of amides is 1. The van der Waals surface area contributed by atoms with Gasteiger partial charge in [-0.3, -0.25) is 4.79 Å². The third-order valence-electron chi connectivity index (χ3n) is 4.08. The number of hydrogen-bond donors (Lipinski definition) is 2. The number of rotatable bonds is 4. The summed E-state index contributed by atoms with van der Waals surface area (Å²) >= 11 is 0. The van der Waals surface area contributed by atoms with Crippen molar-refractivity contribution in [2.45, 2.75) is 45.1 Å². The summed E-state index contributed by atoms with van der Waals surface area (Å²) < 4.78 is 6.08. The third kappa shape index (κ3) is 3.44. The summed E-state index contributed by atoms with van der Waals surface area (Å²) in [6.07, 6.45) is 5.99. The molecule has 0 aromatic heterocycles.